The fourth-order valence-corrected chi connectivity index (χ4v) is 9.54. The van der Waals surface area contributed by atoms with Gasteiger partial charge in [0.2, 0.25) is 47.3 Å². The SMILES string of the molecule is CCCCC(NC(=O)C(Cc1ccc(OS(=O)(=O)O)cc1)NC(C)=O)C(=O)NCC(=O)NC(Cc1c[nH]c2ccccc12)C(=O)NC(CCCC)C(=O)NC(Cc1ccc(OS(=O)(=O)O)cc1)C(=O)N(C)C(Cc1ccccc1)C(N)=O. The molecule has 0 radical (unpaired) electrons. The normalized spacial score (nSPS) is 13.6. The molecule has 82 heavy (non-hydrogen) atoms. The maximum atomic E-state index is 14.6. The minimum atomic E-state index is -4.87. The molecule has 0 aliphatic heterocycles. The molecule has 5 aromatic rings. The van der Waals surface area contributed by atoms with Crippen molar-refractivity contribution in [1.29, 1.82) is 0 Å². The Bertz CT molecular complexity index is 3250. The third-order valence-electron chi connectivity index (χ3n) is 13.0. The lowest BCUT2D eigenvalue weighted by Crippen LogP contribution is -2.59. The Kier molecular flexibility index (Phi) is 23.9. The number of aromatic amines is 1. The van der Waals surface area contributed by atoms with Crippen LogP contribution in [0.1, 0.15) is 81.5 Å². The lowest BCUT2D eigenvalue weighted by molar-refractivity contribution is -0.141. The molecular weight excluding hydrogens is 1110 g/mol. The molecule has 25 nitrogen and oxygen atoms in total. The predicted octanol–water partition coefficient (Wildman–Crippen LogP) is 2.05. The number of nitrogens with zero attached hydrogens (tertiary/aromatic N) is 1. The molecule has 5 rings (SSSR count). The minimum absolute atomic E-state index is 0.0289. The van der Waals surface area contributed by atoms with Gasteiger partial charge < -0.3 is 55.9 Å². The highest BCUT2D eigenvalue weighted by molar-refractivity contribution is 7.81. The number of nitrogens with one attached hydrogen (secondary N) is 7. The number of hydrogen-bond acceptors (Lipinski definition) is 14. The fraction of sp³-hybridized carbons (Fsp3) is 0.382. The van der Waals surface area contributed by atoms with Crippen LogP contribution in [0.2, 0.25) is 0 Å². The van der Waals surface area contributed by atoms with Crippen molar-refractivity contribution in [3.8, 4) is 11.5 Å². The molecule has 4 aromatic carbocycles. The molecule has 0 saturated carbocycles. The van der Waals surface area contributed by atoms with Crippen LogP contribution in [-0.2, 0) is 84.8 Å². The van der Waals surface area contributed by atoms with Crippen molar-refractivity contribution < 1.29 is 72.7 Å². The summed E-state index contributed by atoms with van der Waals surface area (Å²) in [7, 11) is -8.32. The van der Waals surface area contributed by atoms with Crippen LogP contribution >= 0.6 is 0 Å². The maximum Gasteiger partial charge on any atom is 0.446 e. The average Bonchev–Trinajstić information content (AvgIpc) is 3.93. The second-order valence-electron chi connectivity index (χ2n) is 19.4. The Balaban J connectivity index is 1.37. The summed E-state index contributed by atoms with van der Waals surface area (Å²) in [4.78, 5) is 114. The molecule has 11 N–H and O–H groups in total. The van der Waals surface area contributed by atoms with Crippen LogP contribution in [0.5, 0.6) is 11.5 Å². The van der Waals surface area contributed by atoms with E-state index < -0.39 is 111 Å². The lowest BCUT2D eigenvalue weighted by Gasteiger charge is -2.31. The number of nitrogens with two attached hydrogens (primary N) is 1. The Morgan fingerprint density at radius 2 is 1.04 bits per heavy atom. The molecule has 0 aliphatic carbocycles. The van der Waals surface area contributed by atoms with E-state index in [1.54, 1.807) is 54.7 Å². The van der Waals surface area contributed by atoms with Crippen LogP contribution < -0.4 is 46.0 Å². The van der Waals surface area contributed by atoms with Crippen molar-refractivity contribution in [3.63, 3.8) is 0 Å². The number of primary amides is 1. The van der Waals surface area contributed by atoms with Crippen LogP contribution in [0.3, 0.4) is 0 Å². The van der Waals surface area contributed by atoms with Crippen molar-refractivity contribution in [2.45, 2.75) is 121 Å². The van der Waals surface area contributed by atoms with Gasteiger partial charge in [-0.2, -0.15) is 16.8 Å². The van der Waals surface area contributed by atoms with E-state index in [1.165, 1.54) is 62.5 Å². The number of likely N-dealkylation sites (N-methyl/N-ethyl adjacent to an activating group) is 1. The second kappa shape index (κ2) is 30.4. The number of amides is 8. The van der Waals surface area contributed by atoms with E-state index in [9.17, 15) is 59.7 Å². The number of aromatic nitrogens is 1. The van der Waals surface area contributed by atoms with Crippen molar-refractivity contribution in [1.82, 2.24) is 41.8 Å². The van der Waals surface area contributed by atoms with Gasteiger partial charge in [0.05, 0.1) is 6.54 Å². The van der Waals surface area contributed by atoms with Crippen LogP contribution in [-0.4, -0.2) is 133 Å². The fourth-order valence-electron chi connectivity index (χ4n) is 8.83. The first kappa shape index (κ1) is 64.4. The number of unbranched alkanes of at least 4 members (excludes halogenated alkanes) is 2. The van der Waals surface area contributed by atoms with Crippen molar-refractivity contribution in [2.75, 3.05) is 13.6 Å². The van der Waals surface area contributed by atoms with Crippen molar-refractivity contribution >= 4 is 79.0 Å². The first-order valence-electron chi connectivity index (χ1n) is 26.2. The van der Waals surface area contributed by atoms with Gasteiger partial charge in [0.15, 0.2) is 0 Å². The monoisotopic (exact) mass is 1180 g/mol. The smallest absolute Gasteiger partial charge is 0.368 e. The van der Waals surface area contributed by atoms with Gasteiger partial charge in [-0.1, -0.05) is 112 Å². The molecule has 8 amide bonds. The van der Waals surface area contributed by atoms with Crippen LogP contribution in [0.4, 0.5) is 0 Å². The molecule has 27 heteroatoms. The van der Waals surface area contributed by atoms with Gasteiger partial charge in [0.1, 0.15) is 47.8 Å². The Hall–Kier alpha value is -8.40. The molecular formula is C55H69N9O16S2. The third-order valence-corrected chi connectivity index (χ3v) is 13.8. The summed E-state index contributed by atoms with van der Waals surface area (Å²) in [6.45, 7) is 4.22. The van der Waals surface area contributed by atoms with E-state index in [1.807, 2.05) is 19.9 Å². The van der Waals surface area contributed by atoms with Gasteiger partial charge in [-0.25, -0.2) is 0 Å². The number of H-pyrrole nitrogens is 1. The molecule has 0 bridgehead atoms. The van der Waals surface area contributed by atoms with Gasteiger partial charge in [-0.05, 0) is 65.4 Å². The van der Waals surface area contributed by atoms with Gasteiger partial charge >= 0.3 is 20.8 Å². The minimum Gasteiger partial charge on any atom is -0.368 e. The van der Waals surface area contributed by atoms with E-state index in [0.29, 0.717) is 47.9 Å². The number of hydrogen-bond donors (Lipinski definition) is 10. The van der Waals surface area contributed by atoms with E-state index in [-0.39, 0.29) is 50.0 Å². The van der Waals surface area contributed by atoms with Crippen molar-refractivity contribution in [2.24, 2.45) is 5.73 Å². The Labute approximate surface area is 475 Å². The number of rotatable bonds is 32. The quantitative estimate of drug-likeness (QED) is 0.0276. The van der Waals surface area contributed by atoms with Crippen molar-refractivity contribution in [3.05, 3.63) is 132 Å². The maximum absolute atomic E-state index is 14.6. The molecule has 1 heterocycles. The second-order valence-corrected chi connectivity index (χ2v) is 21.4. The van der Waals surface area contributed by atoms with Gasteiger partial charge in [0, 0.05) is 56.8 Å². The standard InChI is InChI=1S/C55H69N9O16S2/c1-5-7-17-43(61-53(70)45(59-34(3)65)28-36-20-24-39(25-21-36)79-81(73,74)75)51(68)58-33-49(66)60-46(31-38-32-57-42-19-13-12-16-41(38)42)54(71)62-44(18-8-6-2)52(69)63-47(29-37-22-26-40(27-23-37)80-82(76,77)78)55(72)64(4)48(50(56)67)30-35-14-10-9-11-15-35/h9-16,19-27,32,43-48,57H,5-8,17-18,28-31,33H2,1-4H3,(H2,56,67)(H,58,68)(H,59,65)(H,60,66)(H,61,70)(H,62,71)(H,63,69)(H,73,74,75)(H,76,77,78). The summed E-state index contributed by atoms with van der Waals surface area (Å²) >= 11 is 0. The number of carbonyl (C=O) groups excluding carboxylic acids is 8. The third kappa shape index (κ3) is 20.9. The largest absolute Gasteiger partial charge is 0.446 e. The summed E-state index contributed by atoms with van der Waals surface area (Å²) in [6, 6.07) is 18.7. The predicted molar refractivity (Wildman–Crippen MR) is 300 cm³/mol. The van der Waals surface area contributed by atoms with Gasteiger partial charge in [-0.15, -0.1) is 0 Å². The topological polar surface area (TPSA) is 381 Å². The summed E-state index contributed by atoms with van der Waals surface area (Å²) in [5.41, 5.74) is 8.68. The first-order valence-corrected chi connectivity index (χ1v) is 29.0. The zero-order valence-corrected chi connectivity index (χ0v) is 47.2. The summed E-state index contributed by atoms with van der Waals surface area (Å²) in [5.74, 6) is -6.60. The first-order chi connectivity index (χ1) is 38.8. The number of carbonyl (C=O) groups is 8. The number of benzene rings is 4. The van der Waals surface area contributed by atoms with E-state index in [4.69, 9.17) is 10.3 Å². The zero-order valence-electron chi connectivity index (χ0n) is 45.6. The van der Waals surface area contributed by atoms with E-state index in [2.05, 4.69) is 45.3 Å². The molecule has 6 unspecified atom stereocenters. The summed E-state index contributed by atoms with van der Waals surface area (Å²) in [6.07, 6.45) is 3.45. The van der Waals surface area contributed by atoms with E-state index >= 15 is 0 Å². The van der Waals surface area contributed by atoms with Crippen LogP contribution in [0.25, 0.3) is 10.9 Å². The van der Waals surface area contributed by atoms with E-state index in [0.717, 1.165) is 15.8 Å². The molecule has 0 fully saturated rings. The van der Waals surface area contributed by atoms with Gasteiger partial charge in [0.25, 0.3) is 0 Å². The zero-order chi connectivity index (χ0) is 60.1. The highest BCUT2D eigenvalue weighted by Crippen LogP contribution is 2.21. The Morgan fingerprint density at radius 3 is 1.55 bits per heavy atom. The molecule has 442 valence electrons. The Morgan fingerprint density at radius 1 is 0.573 bits per heavy atom. The molecule has 6 atom stereocenters. The van der Waals surface area contributed by atoms with Crippen LogP contribution in [0, 0.1) is 0 Å². The summed E-state index contributed by atoms with van der Waals surface area (Å²) < 4.78 is 72.2. The average molecular weight is 1180 g/mol. The highest BCUT2D eigenvalue weighted by Gasteiger charge is 2.35. The number of para-hydroxylation sites is 1. The highest BCUT2D eigenvalue weighted by atomic mass is 32.3. The van der Waals surface area contributed by atoms with Gasteiger partial charge in [-0.3, -0.25) is 47.5 Å². The van der Waals surface area contributed by atoms with Crippen LogP contribution in [0.15, 0.2) is 109 Å². The molecule has 0 aliphatic rings. The lowest BCUT2D eigenvalue weighted by atomic mass is 10.00. The summed E-state index contributed by atoms with van der Waals surface area (Å²) in [5, 5.41) is 16.6. The molecule has 0 saturated heterocycles. The molecule has 1 aromatic heterocycles. The number of fused-ring (bicyclic) bond motifs is 1. The molecule has 0 spiro atoms.